The lowest BCUT2D eigenvalue weighted by molar-refractivity contribution is -0.118. The van der Waals surface area contributed by atoms with Crippen molar-refractivity contribution in [1.29, 1.82) is 0 Å². The van der Waals surface area contributed by atoms with Crippen molar-refractivity contribution in [3.8, 4) is 11.3 Å². The number of rotatable bonds is 6. The van der Waals surface area contributed by atoms with Gasteiger partial charge in [0.15, 0.2) is 5.69 Å². The second-order valence-corrected chi connectivity index (χ2v) is 4.12. The van der Waals surface area contributed by atoms with Crippen molar-refractivity contribution in [2.45, 2.75) is 26.4 Å². The summed E-state index contributed by atoms with van der Waals surface area (Å²) >= 11 is 0. The highest BCUT2D eigenvalue weighted by Crippen LogP contribution is 2.22. The van der Waals surface area contributed by atoms with Gasteiger partial charge in [-0.3, -0.25) is 9.48 Å². The monoisotopic (exact) mass is 278 g/mol. The molecule has 0 aliphatic rings. The number of hydrogen-bond donors (Lipinski definition) is 2. The summed E-state index contributed by atoms with van der Waals surface area (Å²) in [5.41, 5.74) is 5.81. The molecule has 0 unspecified atom stereocenters. The number of carboxylic acids is 1. The number of aromatic nitrogens is 5. The van der Waals surface area contributed by atoms with Crippen molar-refractivity contribution in [3.63, 3.8) is 0 Å². The van der Waals surface area contributed by atoms with Gasteiger partial charge >= 0.3 is 5.97 Å². The van der Waals surface area contributed by atoms with Crippen LogP contribution in [0.2, 0.25) is 0 Å². The first-order valence-corrected chi connectivity index (χ1v) is 6.00. The van der Waals surface area contributed by atoms with Crippen LogP contribution in [-0.2, 0) is 17.9 Å². The molecule has 2 heterocycles. The highest BCUT2D eigenvalue weighted by Gasteiger charge is 2.21. The molecule has 0 atom stereocenters. The van der Waals surface area contributed by atoms with E-state index < -0.39 is 11.9 Å². The van der Waals surface area contributed by atoms with Gasteiger partial charge in [-0.25, -0.2) is 9.48 Å². The van der Waals surface area contributed by atoms with Crippen LogP contribution in [-0.4, -0.2) is 41.8 Å². The first kappa shape index (κ1) is 13.7. The van der Waals surface area contributed by atoms with E-state index in [0.717, 1.165) is 0 Å². The van der Waals surface area contributed by atoms with Crippen molar-refractivity contribution in [3.05, 3.63) is 18.1 Å². The summed E-state index contributed by atoms with van der Waals surface area (Å²) in [6.07, 6.45) is 3.29. The molecular weight excluding hydrogens is 264 g/mol. The number of amides is 1. The van der Waals surface area contributed by atoms with Crippen LogP contribution >= 0.6 is 0 Å². The SMILES string of the molecule is CCn1cc(-c2c(C(=O)O)nnn2CCC(N)=O)cn1. The van der Waals surface area contributed by atoms with Gasteiger partial charge in [0.1, 0.15) is 5.69 Å². The number of primary amides is 1. The van der Waals surface area contributed by atoms with Crippen molar-refractivity contribution < 1.29 is 14.7 Å². The Morgan fingerprint density at radius 3 is 2.75 bits per heavy atom. The van der Waals surface area contributed by atoms with E-state index in [1.54, 1.807) is 10.9 Å². The molecule has 20 heavy (non-hydrogen) atoms. The van der Waals surface area contributed by atoms with Crippen LogP contribution < -0.4 is 5.73 Å². The molecule has 106 valence electrons. The van der Waals surface area contributed by atoms with Crippen LogP contribution in [0.15, 0.2) is 12.4 Å². The van der Waals surface area contributed by atoms with Gasteiger partial charge in [-0.1, -0.05) is 5.21 Å². The predicted molar refractivity (Wildman–Crippen MR) is 67.7 cm³/mol. The molecule has 2 rings (SSSR count). The molecule has 0 radical (unpaired) electrons. The van der Waals surface area contributed by atoms with Gasteiger partial charge in [-0.05, 0) is 6.92 Å². The third-order valence-corrected chi connectivity index (χ3v) is 2.74. The molecule has 0 aliphatic heterocycles. The Hall–Kier alpha value is -2.71. The first-order valence-electron chi connectivity index (χ1n) is 6.00. The van der Waals surface area contributed by atoms with E-state index in [9.17, 15) is 9.59 Å². The normalized spacial score (nSPS) is 10.7. The number of aromatic carboxylic acids is 1. The lowest BCUT2D eigenvalue weighted by Crippen LogP contribution is -2.15. The average molecular weight is 278 g/mol. The Kier molecular flexibility index (Phi) is 3.78. The van der Waals surface area contributed by atoms with E-state index in [4.69, 9.17) is 10.8 Å². The smallest absolute Gasteiger partial charge is 0.358 e. The van der Waals surface area contributed by atoms with Crippen LogP contribution in [0, 0.1) is 0 Å². The van der Waals surface area contributed by atoms with Crippen molar-refractivity contribution >= 4 is 11.9 Å². The molecule has 0 spiro atoms. The Balaban J connectivity index is 2.43. The highest BCUT2D eigenvalue weighted by molar-refractivity contribution is 5.92. The van der Waals surface area contributed by atoms with Crippen molar-refractivity contribution in [1.82, 2.24) is 24.8 Å². The van der Waals surface area contributed by atoms with E-state index in [-0.39, 0.29) is 18.7 Å². The summed E-state index contributed by atoms with van der Waals surface area (Å²) < 4.78 is 3.01. The summed E-state index contributed by atoms with van der Waals surface area (Å²) in [4.78, 5) is 22.0. The van der Waals surface area contributed by atoms with Crippen LogP contribution in [0.25, 0.3) is 11.3 Å². The zero-order chi connectivity index (χ0) is 14.7. The summed E-state index contributed by atoms with van der Waals surface area (Å²) in [5, 5.41) is 20.6. The predicted octanol–water partition coefficient (Wildman–Crippen LogP) is -0.265. The Labute approximate surface area is 114 Å². The molecular formula is C11H14N6O3. The molecule has 9 nitrogen and oxygen atoms in total. The first-order chi connectivity index (χ1) is 9.52. The fourth-order valence-electron chi connectivity index (χ4n) is 1.77. The van der Waals surface area contributed by atoms with Gasteiger partial charge in [0.2, 0.25) is 5.91 Å². The number of nitrogens with zero attached hydrogens (tertiary/aromatic N) is 5. The molecule has 0 fully saturated rings. The van der Waals surface area contributed by atoms with E-state index >= 15 is 0 Å². The Morgan fingerprint density at radius 2 is 2.20 bits per heavy atom. The molecule has 0 saturated heterocycles. The maximum absolute atomic E-state index is 11.2. The van der Waals surface area contributed by atoms with E-state index in [1.165, 1.54) is 10.9 Å². The average Bonchev–Trinajstić information content (AvgIpc) is 3.02. The van der Waals surface area contributed by atoms with Gasteiger partial charge in [0.05, 0.1) is 12.7 Å². The van der Waals surface area contributed by atoms with Gasteiger partial charge < -0.3 is 10.8 Å². The largest absolute Gasteiger partial charge is 0.476 e. The number of carbonyl (C=O) groups is 2. The van der Waals surface area contributed by atoms with Crippen LogP contribution in [0.5, 0.6) is 0 Å². The summed E-state index contributed by atoms with van der Waals surface area (Å²) in [6, 6.07) is 0. The van der Waals surface area contributed by atoms with Gasteiger partial charge in [0.25, 0.3) is 0 Å². The van der Waals surface area contributed by atoms with Gasteiger partial charge in [-0.15, -0.1) is 5.10 Å². The van der Waals surface area contributed by atoms with Crippen molar-refractivity contribution in [2.24, 2.45) is 5.73 Å². The summed E-state index contributed by atoms with van der Waals surface area (Å²) in [7, 11) is 0. The second-order valence-electron chi connectivity index (χ2n) is 4.12. The second kappa shape index (κ2) is 5.51. The molecule has 2 aromatic rings. The maximum atomic E-state index is 11.2. The molecule has 9 heteroatoms. The number of carbonyl (C=O) groups excluding carboxylic acids is 1. The van der Waals surface area contributed by atoms with Crippen LogP contribution in [0.1, 0.15) is 23.8 Å². The molecule has 0 aliphatic carbocycles. The standard InChI is InChI=1S/C11H14N6O3/c1-2-16-6-7(5-13-16)10-9(11(19)20)14-15-17(10)4-3-8(12)18/h5-6H,2-4H2,1H3,(H2,12,18)(H,19,20). The van der Waals surface area contributed by atoms with E-state index in [2.05, 4.69) is 15.4 Å². The quantitative estimate of drug-likeness (QED) is 0.748. The fourth-order valence-corrected chi connectivity index (χ4v) is 1.77. The highest BCUT2D eigenvalue weighted by atomic mass is 16.4. The number of aryl methyl sites for hydroxylation is 2. The van der Waals surface area contributed by atoms with Crippen molar-refractivity contribution in [2.75, 3.05) is 0 Å². The summed E-state index contributed by atoms with van der Waals surface area (Å²) in [6.45, 7) is 2.74. The number of carboxylic acid groups (broad SMARTS) is 1. The Morgan fingerprint density at radius 1 is 1.45 bits per heavy atom. The van der Waals surface area contributed by atoms with E-state index in [0.29, 0.717) is 17.8 Å². The molecule has 0 aromatic carbocycles. The minimum Gasteiger partial charge on any atom is -0.476 e. The third kappa shape index (κ3) is 2.66. The van der Waals surface area contributed by atoms with Gasteiger partial charge in [-0.2, -0.15) is 5.10 Å². The minimum atomic E-state index is -1.19. The van der Waals surface area contributed by atoms with Crippen LogP contribution in [0.3, 0.4) is 0 Å². The third-order valence-electron chi connectivity index (χ3n) is 2.74. The molecule has 0 bridgehead atoms. The van der Waals surface area contributed by atoms with Gasteiger partial charge in [0, 0.05) is 24.7 Å². The molecule has 3 N–H and O–H groups in total. The molecule has 2 aromatic heterocycles. The zero-order valence-corrected chi connectivity index (χ0v) is 10.9. The number of nitrogens with two attached hydrogens (primary N) is 1. The lowest BCUT2D eigenvalue weighted by atomic mass is 10.2. The molecule has 0 saturated carbocycles. The molecule has 1 amide bonds. The summed E-state index contributed by atoms with van der Waals surface area (Å²) in [5.74, 6) is -1.68. The Bertz CT molecular complexity index is 644. The lowest BCUT2D eigenvalue weighted by Gasteiger charge is -2.03. The van der Waals surface area contributed by atoms with E-state index in [1.807, 2.05) is 6.92 Å². The zero-order valence-electron chi connectivity index (χ0n) is 10.9. The topological polar surface area (TPSA) is 129 Å². The maximum Gasteiger partial charge on any atom is 0.358 e. The number of hydrogen-bond acceptors (Lipinski definition) is 5. The minimum absolute atomic E-state index is 0.0529. The fraction of sp³-hybridized carbons (Fsp3) is 0.364. The van der Waals surface area contributed by atoms with Crippen LogP contribution in [0.4, 0.5) is 0 Å².